The SMILES string of the molecule is CC(=O)N1CCN(c2c(C)cccc2C#N)CC1. The van der Waals surface area contributed by atoms with Gasteiger partial charge in [0.25, 0.3) is 0 Å². The number of carbonyl (C=O) groups excluding carboxylic acids is 1. The van der Waals surface area contributed by atoms with Gasteiger partial charge >= 0.3 is 0 Å². The summed E-state index contributed by atoms with van der Waals surface area (Å²) in [5.74, 6) is 0.125. The van der Waals surface area contributed by atoms with Crippen LogP contribution >= 0.6 is 0 Å². The van der Waals surface area contributed by atoms with E-state index in [0.717, 1.165) is 37.4 Å². The summed E-state index contributed by atoms with van der Waals surface area (Å²) in [5, 5.41) is 9.17. The van der Waals surface area contributed by atoms with Crippen molar-refractivity contribution in [3.8, 4) is 6.07 Å². The van der Waals surface area contributed by atoms with Crippen LogP contribution in [0.4, 0.5) is 5.69 Å². The molecule has 0 unspecified atom stereocenters. The predicted molar refractivity (Wildman–Crippen MR) is 70.4 cm³/mol. The first kappa shape index (κ1) is 12.4. The number of nitrogens with zero attached hydrogens (tertiary/aromatic N) is 3. The minimum atomic E-state index is 0.125. The van der Waals surface area contributed by atoms with Crippen LogP contribution in [-0.2, 0) is 4.79 Å². The molecule has 1 heterocycles. The Labute approximate surface area is 107 Å². The van der Waals surface area contributed by atoms with E-state index in [4.69, 9.17) is 0 Å². The van der Waals surface area contributed by atoms with E-state index in [1.807, 2.05) is 30.0 Å². The molecular formula is C14H17N3O. The van der Waals surface area contributed by atoms with Crippen LogP contribution in [0, 0.1) is 18.3 Å². The van der Waals surface area contributed by atoms with E-state index >= 15 is 0 Å². The summed E-state index contributed by atoms with van der Waals surface area (Å²) in [4.78, 5) is 15.3. The van der Waals surface area contributed by atoms with Crippen molar-refractivity contribution in [2.45, 2.75) is 13.8 Å². The summed E-state index contributed by atoms with van der Waals surface area (Å²) >= 11 is 0. The topological polar surface area (TPSA) is 47.3 Å². The van der Waals surface area contributed by atoms with Crippen LogP contribution in [0.25, 0.3) is 0 Å². The molecule has 1 amide bonds. The number of piperazine rings is 1. The highest BCUT2D eigenvalue weighted by Gasteiger charge is 2.21. The van der Waals surface area contributed by atoms with E-state index in [2.05, 4.69) is 11.0 Å². The van der Waals surface area contributed by atoms with E-state index in [0.29, 0.717) is 5.56 Å². The molecule has 4 nitrogen and oxygen atoms in total. The summed E-state index contributed by atoms with van der Waals surface area (Å²) in [6, 6.07) is 8.02. The molecule has 1 aliphatic heterocycles. The summed E-state index contributed by atoms with van der Waals surface area (Å²) in [7, 11) is 0. The fourth-order valence-corrected chi connectivity index (χ4v) is 2.41. The quantitative estimate of drug-likeness (QED) is 0.751. The molecule has 4 heteroatoms. The van der Waals surface area contributed by atoms with Crippen LogP contribution in [-0.4, -0.2) is 37.0 Å². The molecular weight excluding hydrogens is 226 g/mol. The maximum absolute atomic E-state index is 11.3. The molecule has 0 atom stereocenters. The third kappa shape index (κ3) is 2.30. The average molecular weight is 243 g/mol. The molecule has 1 saturated heterocycles. The highest BCUT2D eigenvalue weighted by molar-refractivity contribution is 5.74. The van der Waals surface area contributed by atoms with Crippen LogP contribution < -0.4 is 4.90 Å². The molecule has 18 heavy (non-hydrogen) atoms. The molecule has 0 radical (unpaired) electrons. The van der Waals surface area contributed by atoms with E-state index in [-0.39, 0.29) is 5.91 Å². The Morgan fingerprint density at radius 1 is 1.28 bits per heavy atom. The molecule has 1 aromatic rings. The Balaban J connectivity index is 2.20. The molecule has 0 spiro atoms. The van der Waals surface area contributed by atoms with Gasteiger partial charge in [-0.1, -0.05) is 12.1 Å². The number of aryl methyl sites for hydroxylation is 1. The van der Waals surface area contributed by atoms with Crippen molar-refractivity contribution in [2.24, 2.45) is 0 Å². The lowest BCUT2D eigenvalue weighted by molar-refractivity contribution is -0.129. The van der Waals surface area contributed by atoms with E-state index in [1.165, 1.54) is 0 Å². The third-order valence-electron chi connectivity index (χ3n) is 3.40. The Kier molecular flexibility index (Phi) is 3.52. The van der Waals surface area contributed by atoms with Crippen LogP contribution in [0.15, 0.2) is 18.2 Å². The van der Waals surface area contributed by atoms with Crippen LogP contribution in [0.3, 0.4) is 0 Å². The molecule has 2 rings (SSSR count). The first-order valence-electron chi connectivity index (χ1n) is 6.13. The lowest BCUT2D eigenvalue weighted by Gasteiger charge is -2.36. The maximum atomic E-state index is 11.3. The van der Waals surface area contributed by atoms with Gasteiger partial charge in [0.05, 0.1) is 11.3 Å². The van der Waals surface area contributed by atoms with Crippen LogP contribution in [0.1, 0.15) is 18.1 Å². The van der Waals surface area contributed by atoms with Crippen molar-refractivity contribution in [3.63, 3.8) is 0 Å². The Morgan fingerprint density at radius 3 is 2.50 bits per heavy atom. The molecule has 0 aliphatic carbocycles. The standard InChI is InChI=1S/C14H17N3O/c1-11-4-3-5-13(10-15)14(11)17-8-6-16(7-9-17)12(2)18/h3-5H,6-9H2,1-2H3. The fourth-order valence-electron chi connectivity index (χ4n) is 2.41. The van der Waals surface area contributed by atoms with E-state index < -0.39 is 0 Å². The van der Waals surface area contributed by atoms with Gasteiger partial charge < -0.3 is 9.80 Å². The predicted octanol–water partition coefficient (Wildman–Crippen LogP) is 1.54. The Hall–Kier alpha value is -2.02. The fraction of sp³-hybridized carbons (Fsp3) is 0.429. The van der Waals surface area contributed by atoms with Gasteiger partial charge in [-0.05, 0) is 18.6 Å². The number of hydrogen-bond donors (Lipinski definition) is 0. The highest BCUT2D eigenvalue weighted by atomic mass is 16.2. The number of benzene rings is 1. The number of rotatable bonds is 1. The highest BCUT2D eigenvalue weighted by Crippen LogP contribution is 2.25. The van der Waals surface area contributed by atoms with Gasteiger partial charge in [-0.3, -0.25) is 4.79 Å². The number of carbonyl (C=O) groups is 1. The summed E-state index contributed by atoms with van der Waals surface area (Å²) in [6.07, 6.45) is 0. The molecule has 0 bridgehead atoms. The first-order valence-corrected chi connectivity index (χ1v) is 6.13. The zero-order valence-corrected chi connectivity index (χ0v) is 10.8. The van der Waals surface area contributed by atoms with Crippen LogP contribution in [0.2, 0.25) is 0 Å². The van der Waals surface area contributed by atoms with Crippen LogP contribution in [0.5, 0.6) is 0 Å². The molecule has 94 valence electrons. The second kappa shape index (κ2) is 5.09. The van der Waals surface area contributed by atoms with Crippen molar-refractivity contribution in [3.05, 3.63) is 29.3 Å². The van der Waals surface area contributed by atoms with Gasteiger partial charge in [-0.15, -0.1) is 0 Å². The average Bonchev–Trinajstić information content (AvgIpc) is 2.38. The van der Waals surface area contributed by atoms with Gasteiger partial charge in [-0.2, -0.15) is 5.26 Å². The Morgan fingerprint density at radius 2 is 1.94 bits per heavy atom. The van der Waals surface area contributed by atoms with E-state index in [9.17, 15) is 10.1 Å². The minimum Gasteiger partial charge on any atom is -0.367 e. The smallest absolute Gasteiger partial charge is 0.219 e. The second-order valence-corrected chi connectivity index (χ2v) is 4.58. The normalized spacial score (nSPS) is 15.4. The maximum Gasteiger partial charge on any atom is 0.219 e. The molecule has 1 aliphatic rings. The lowest BCUT2D eigenvalue weighted by Crippen LogP contribution is -2.48. The van der Waals surface area contributed by atoms with Gasteiger partial charge in [0, 0.05) is 33.1 Å². The molecule has 1 aromatic carbocycles. The summed E-state index contributed by atoms with van der Waals surface area (Å²) < 4.78 is 0. The number of nitriles is 1. The Bertz CT molecular complexity index is 496. The second-order valence-electron chi connectivity index (χ2n) is 4.58. The molecule has 0 aromatic heterocycles. The summed E-state index contributed by atoms with van der Waals surface area (Å²) in [6.45, 7) is 6.67. The van der Waals surface area contributed by atoms with Crippen molar-refractivity contribution in [2.75, 3.05) is 31.1 Å². The van der Waals surface area contributed by atoms with Gasteiger partial charge in [0.1, 0.15) is 6.07 Å². The lowest BCUT2D eigenvalue weighted by atomic mass is 10.1. The first-order chi connectivity index (χ1) is 8.63. The summed E-state index contributed by atoms with van der Waals surface area (Å²) in [5.41, 5.74) is 2.85. The largest absolute Gasteiger partial charge is 0.367 e. The molecule has 0 saturated carbocycles. The van der Waals surface area contributed by atoms with E-state index in [1.54, 1.807) is 6.92 Å². The van der Waals surface area contributed by atoms with Crippen molar-refractivity contribution < 1.29 is 4.79 Å². The van der Waals surface area contributed by atoms with Gasteiger partial charge in [0.15, 0.2) is 0 Å². The van der Waals surface area contributed by atoms with Gasteiger partial charge in [-0.25, -0.2) is 0 Å². The number of hydrogen-bond acceptors (Lipinski definition) is 3. The molecule has 1 fully saturated rings. The molecule has 0 N–H and O–H groups in total. The zero-order valence-electron chi connectivity index (χ0n) is 10.8. The monoisotopic (exact) mass is 243 g/mol. The minimum absolute atomic E-state index is 0.125. The third-order valence-corrected chi connectivity index (χ3v) is 3.40. The van der Waals surface area contributed by atoms with Crippen molar-refractivity contribution in [1.29, 1.82) is 5.26 Å². The number of para-hydroxylation sites is 1. The number of anilines is 1. The van der Waals surface area contributed by atoms with Crippen molar-refractivity contribution >= 4 is 11.6 Å². The van der Waals surface area contributed by atoms with Crippen molar-refractivity contribution in [1.82, 2.24) is 4.90 Å². The zero-order chi connectivity index (χ0) is 13.1. The van der Waals surface area contributed by atoms with Gasteiger partial charge in [0.2, 0.25) is 5.91 Å². The number of amides is 1.